The molecule has 0 bridgehead atoms. The van der Waals surface area contributed by atoms with Crippen molar-refractivity contribution in [3.05, 3.63) is 97.2 Å². The van der Waals surface area contributed by atoms with Gasteiger partial charge in [-0.05, 0) is 77.0 Å². The van der Waals surface area contributed by atoms with Crippen LogP contribution in [0.1, 0.15) is 412 Å². The van der Waals surface area contributed by atoms with Crippen molar-refractivity contribution in [2.75, 3.05) is 47.5 Å². The van der Waals surface area contributed by atoms with E-state index in [0.717, 1.165) is 96.3 Å². The second kappa shape index (κ2) is 80.0. The molecule has 0 N–H and O–H groups in total. The largest absolute Gasteiger partial charge is 0.756 e. The smallest absolute Gasteiger partial charge is 0.306 e. The number of esters is 2. The topological polar surface area (TPSA) is 111 Å². The lowest BCUT2D eigenvalue weighted by Gasteiger charge is -2.28. The third kappa shape index (κ3) is 83.9. The fourth-order valence-electron chi connectivity index (χ4n) is 12.6. The van der Waals surface area contributed by atoms with E-state index in [0.29, 0.717) is 17.4 Å². The predicted octanol–water partition coefficient (Wildman–Crippen LogP) is 28.3. The van der Waals surface area contributed by atoms with Gasteiger partial charge < -0.3 is 27.9 Å². The van der Waals surface area contributed by atoms with Crippen molar-refractivity contribution in [1.82, 2.24) is 0 Å². The van der Waals surface area contributed by atoms with Crippen molar-refractivity contribution in [2.45, 2.75) is 418 Å². The Morgan fingerprint density at radius 3 is 0.850 bits per heavy atom. The number of carbonyl (C=O) groups excluding carboxylic acids is 2. The number of hydrogen-bond acceptors (Lipinski definition) is 8. The van der Waals surface area contributed by atoms with E-state index in [-0.39, 0.29) is 32.0 Å². The number of phosphoric acid groups is 1. The molecular formula is C90H164NO8P. The Hall–Kier alpha value is -3.07. The number of hydrogen-bond donors (Lipinski definition) is 0. The summed E-state index contributed by atoms with van der Waals surface area (Å²) in [6, 6.07) is 0. The van der Waals surface area contributed by atoms with E-state index in [9.17, 15) is 19.0 Å². The van der Waals surface area contributed by atoms with E-state index >= 15 is 0 Å². The summed E-state index contributed by atoms with van der Waals surface area (Å²) in [5, 5.41) is 0. The molecule has 10 heteroatoms. The fourth-order valence-corrected chi connectivity index (χ4v) is 13.4. The summed E-state index contributed by atoms with van der Waals surface area (Å²) in [5.41, 5.74) is 0. The van der Waals surface area contributed by atoms with Crippen molar-refractivity contribution < 1.29 is 42.1 Å². The van der Waals surface area contributed by atoms with Crippen LogP contribution in [0.2, 0.25) is 0 Å². The second-order valence-electron chi connectivity index (χ2n) is 30.2. The molecule has 0 radical (unpaired) electrons. The van der Waals surface area contributed by atoms with Gasteiger partial charge >= 0.3 is 11.9 Å². The first-order chi connectivity index (χ1) is 49.0. The van der Waals surface area contributed by atoms with Crippen LogP contribution in [0.4, 0.5) is 0 Å². The summed E-state index contributed by atoms with van der Waals surface area (Å²) >= 11 is 0. The Balaban J connectivity index is 3.92. The van der Waals surface area contributed by atoms with Crippen LogP contribution >= 0.6 is 7.82 Å². The van der Waals surface area contributed by atoms with Crippen molar-refractivity contribution >= 4 is 19.8 Å². The minimum absolute atomic E-state index is 0.0336. The second-order valence-corrected chi connectivity index (χ2v) is 31.6. The van der Waals surface area contributed by atoms with Gasteiger partial charge in [-0.25, -0.2) is 0 Å². The lowest BCUT2D eigenvalue weighted by Crippen LogP contribution is -2.37. The van der Waals surface area contributed by atoms with Gasteiger partial charge in [0.1, 0.15) is 19.8 Å². The Kier molecular flexibility index (Phi) is 77.6. The molecule has 0 aliphatic rings. The van der Waals surface area contributed by atoms with Gasteiger partial charge in [-0.1, -0.05) is 419 Å². The molecule has 0 amide bonds. The minimum atomic E-state index is -4.65. The zero-order valence-electron chi connectivity index (χ0n) is 66.6. The molecule has 0 aliphatic carbocycles. The van der Waals surface area contributed by atoms with Crippen molar-refractivity contribution in [1.29, 1.82) is 0 Å². The summed E-state index contributed by atoms with van der Waals surface area (Å²) in [6.45, 7) is 4.18. The van der Waals surface area contributed by atoms with E-state index < -0.39 is 26.5 Å². The number of ether oxygens (including phenoxy) is 2. The average molecular weight is 1420 g/mol. The number of unbranched alkanes of at least 4 members (excludes halogenated alkanes) is 50. The molecule has 582 valence electrons. The number of rotatable bonds is 80. The van der Waals surface area contributed by atoms with E-state index in [2.05, 4.69) is 111 Å². The maximum absolute atomic E-state index is 12.9. The van der Waals surface area contributed by atoms with Crippen LogP contribution in [-0.4, -0.2) is 70.0 Å². The molecule has 0 aromatic heterocycles. The van der Waals surface area contributed by atoms with Gasteiger partial charge in [0, 0.05) is 12.8 Å². The van der Waals surface area contributed by atoms with Gasteiger partial charge in [0.2, 0.25) is 0 Å². The summed E-state index contributed by atoms with van der Waals surface area (Å²) in [4.78, 5) is 38.2. The molecule has 0 spiro atoms. The molecule has 0 aliphatic heterocycles. The highest BCUT2D eigenvalue weighted by Crippen LogP contribution is 2.38. The average Bonchev–Trinajstić information content (AvgIpc) is 1.65. The lowest BCUT2D eigenvalue weighted by atomic mass is 10.0. The molecule has 0 aromatic carbocycles. The third-order valence-electron chi connectivity index (χ3n) is 19.1. The number of likely N-dealkylation sites (N-methyl/N-ethyl adjacent to an activating group) is 1. The Bertz CT molecular complexity index is 2010. The van der Waals surface area contributed by atoms with E-state index in [1.165, 1.54) is 283 Å². The third-order valence-corrected chi connectivity index (χ3v) is 20.1. The molecule has 0 saturated carbocycles. The molecule has 9 nitrogen and oxygen atoms in total. The monoisotopic (exact) mass is 1420 g/mol. The maximum atomic E-state index is 12.9. The zero-order chi connectivity index (χ0) is 72.5. The highest BCUT2D eigenvalue weighted by atomic mass is 31.2. The molecule has 0 saturated heterocycles. The van der Waals surface area contributed by atoms with Gasteiger partial charge in [-0.2, -0.15) is 0 Å². The molecule has 0 rings (SSSR count). The highest BCUT2D eigenvalue weighted by molar-refractivity contribution is 7.45. The Labute approximate surface area is 621 Å². The summed E-state index contributed by atoms with van der Waals surface area (Å²) < 4.78 is 34.4. The van der Waals surface area contributed by atoms with Crippen LogP contribution in [0.15, 0.2) is 97.2 Å². The highest BCUT2D eigenvalue weighted by Gasteiger charge is 2.22. The summed E-state index contributed by atoms with van der Waals surface area (Å²) in [6.07, 6.45) is 113. The Morgan fingerprint density at radius 1 is 0.320 bits per heavy atom. The van der Waals surface area contributed by atoms with Crippen LogP contribution in [-0.2, 0) is 32.7 Å². The van der Waals surface area contributed by atoms with Gasteiger partial charge in [0.25, 0.3) is 7.82 Å². The number of phosphoric ester groups is 1. The van der Waals surface area contributed by atoms with Crippen LogP contribution in [0.25, 0.3) is 0 Å². The van der Waals surface area contributed by atoms with E-state index in [1.54, 1.807) is 0 Å². The van der Waals surface area contributed by atoms with E-state index in [1.807, 2.05) is 21.1 Å². The molecule has 100 heavy (non-hydrogen) atoms. The lowest BCUT2D eigenvalue weighted by molar-refractivity contribution is -0.870. The van der Waals surface area contributed by atoms with Crippen LogP contribution in [0.5, 0.6) is 0 Å². The zero-order valence-corrected chi connectivity index (χ0v) is 67.5. The van der Waals surface area contributed by atoms with Gasteiger partial charge in [0.15, 0.2) is 6.10 Å². The molecule has 2 unspecified atom stereocenters. The predicted molar refractivity (Wildman–Crippen MR) is 434 cm³/mol. The number of allylic oxidation sites excluding steroid dienone is 16. The molecule has 0 heterocycles. The summed E-state index contributed by atoms with van der Waals surface area (Å²) in [7, 11) is 1.17. The molecular weight excluding hydrogens is 1250 g/mol. The minimum Gasteiger partial charge on any atom is -0.756 e. The summed E-state index contributed by atoms with van der Waals surface area (Å²) in [5.74, 6) is -0.825. The first kappa shape index (κ1) is 96.9. The van der Waals surface area contributed by atoms with Crippen LogP contribution in [0.3, 0.4) is 0 Å². The van der Waals surface area contributed by atoms with E-state index in [4.69, 9.17) is 18.5 Å². The van der Waals surface area contributed by atoms with Crippen LogP contribution in [0, 0.1) is 0 Å². The van der Waals surface area contributed by atoms with Crippen LogP contribution < -0.4 is 4.89 Å². The number of nitrogens with zero attached hydrogens (tertiary/aromatic N) is 1. The normalized spacial score (nSPS) is 13.5. The number of quaternary nitrogens is 1. The van der Waals surface area contributed by atoms with Crippen molar-refractivity contribution in [2.24, 2.45) is 0 Å². The van der Waals surface area contributed by atoms with Crippen molar-refractivity contribution in [3.63, 3.8) is 0 Å². The number of carbonyl (C=O) groups is 2. The molecule has 0 fully saturated rings. The maximum Gasteiger partial charge on any atom is 0.306 e. The van der Waals surface area contributed by atoms with Crippen molar-refractivity contribution in [3.8, 4) is 0 Å². The fraction of sp³-hybridized carbons (Fsp3) is 0.800. The first-order valence-electron chi connectivity index (χ1n) is 42.9. The van der Waals surface area contributed by atoms with Gasteiger partial charge in [-0.15, -0.1) is 0 Å². The first-order valence-corrected chi connectivity index (χ1v) is 44.4. The standard InChI is InChI=1S/C90H164NO8P/c1-6-8-10-12-14-16-18-20-22-24-26-28-30-32-34-36-38-40-42-43-44-45-46-47-49-50-52-54-56-58-60-62-64-66-68-70-72-74-76-78-80-82-89(92)96-86-88(87-98-100(94,95)97-85-84-91(3,4)5)99-90(93)83-81-79-77-75-73-71-69-67-65-63-61-59-57-55-53-51-48-41-39-37-35-33-31-29-27-25-23-21-19-17-15-13-11-9-7-2/h9,11,15,17,21,23,27,29,33,35,39,41,51,53,57,59,88H,6-8,10,12-14,16,18-20,22,24-26,28,30-32,34,36-38,40,42-50,52,54-56,58,60-87H2,1-5H3/b11-9-,17-15-,23-21-,29-27-,35-33-,41-39-,53-51-,59-57-. The SMILES string of the molecule is CC/C=C\C/C=C\C/C=C\C/C=C\C/C=C\C/C=C\C/C=C\C/C=C\CCCCCCCCCCCCC(=O)OC(COC(=O)CCCCCCCCCCCCCCCCCCCCCCCCCCCCCCCCCCCCCCCCCCC)COP(=O)([O-])OCC[N+](C)(C)C. The molecule has 2 atom stereocenters. The Morgan fingerprint density at radius 2 is 0.570 bits per heavy atom. The van der Waals surface area contributed by atoms with Gasteiger partial charge in [-0.3, -0.25) is 14.2 Å². The quantitative estimate of drug-likeness (QED) is 0.0195. The molecule has 0 aromatic rings. The van der Waals surface area contributed by atoms with Gasteiger partial charge in [0.05, 0.1) is 27.7 Å².